The van der Waals surface area contributed by atoms with E-state index in [9.17, 15) is 30.2 Å². The Morgan fingerprint density at radius 2 is 1.93 bits per heavy atom. The first kappa shape index (κ1) is 41.7. The third-order valence-corrected chi connectivity index (χ3v) is 11.0. The Kier molecular flexibility index (Phi) is 14.0. The molecule has 1 aromatic heterocycles. The second-order valence-corrected chi connectivity index (χ2v) is 15.4. The summed E-state index contributed by atoms with van der Waals surface area (Å²) in [5, 5.41) is 41.5. The van der Waals surface area contributed by atoms with Gasteiger partial charge in [0.25, 0.3) is 0 Å². The third kappa shape index (κ3) is 10.0. The number of pyridine rings is 1. The van der Waals surface area contributed by atoms with Gasteiger partial charge < -0.3 is 34.4 Å². The predicted molar refractivity (Wildman–Crippen MR) is 208 cm³/mol. The Hall–Kier alpha value is -4.48. The maximum absolute atomic E-state index is 11.9. The molecule has 12 nitrogen and oxygen atoms in total. The summed E-state index contributed by atoms with van der Waals surface area (Å²) in [7, 11) is 0. The highest BCUT2D eigenvalue weighted by Gasteiger charge is 2.51. The van der Waals surface area contributed by atoms with Crippen LogP contribution >= 0.6 is 23.2 Å². The standard InChI is InChI=1S/C41H46Cl2N4O8/c1-39(26-48,38(51)52)46-23-32-18-34(42)36(19-35(32)53-25-29-17-28(20-44)21-45-22-29)54-27-41(55-16-8-15-47-14-7-11-31(24-47)37(49)50)13-6-12-33(40(41,2)43)30-9-4-3-5-10-30/h3-6,9-10,12-13,17-19,21-22,31,46,48H,7-8,11,14-16,23-27H2,1-2H3,(H,49,50)(H,51,52)/t31-,39?,40?,41?/m0/s1. The van der Waals surface area contributed by atoms with Crippen LogP contribution in [0.4, 0.5) is 0 Å². The Bertz CT molecular complexity index is 1930. The summed E-state index contributed by atoms with van der Waals surface area (Å²) in [4.78, 5) is 28.7. The molecule has 4 atom stereocenters. The molecule has 0 amide bonds. The van der Waals surface area contributed by atoms with Gasteiger partial charge in [0.1, 0.15) is 46.8 Å². The number of hydrogen-bond donors (Lipinski definition) is 4. The molecule has 2 heterocycles. The summed E-state index contributed by atoms with van der Waals surface area (Å²) < 4.78 is 19.4. The Labute approximate surface area is 330 Å². The molecular formula is C41H46Cl2N4O8. The number of carbonyl (C=O) groups is 2. The number of halogens is 2. The molecule has 292 valence electrons. The van der Waals surface area contributed by atoms with E-state index in [0.29, 0.717) is 55.0 Å². The first-order chi connectivity index (χ1) is 26.3. The highest BCUT2D eigenvalue weighted by Crippen LogP contribution is 2.48. The zero-order valence-electron chi connectivity index (χ0n) is 30.8. The summed E-state index contributed by atoms with van der Waals surface area (Å²) in [5.41, 5.74) is 0.397. The molecule has 0 bridgehead atoms. The highest BCUT2D eigenvalue weighted by molar-refractivity contribution is 6.32. The number of rotatable bonds is 18. The summed E-state index contributed by atoms with van der Waals surface area (Å²) in [6.07, 6.45) is 10.9. The number of carboxylic acid groups (broad SMARTS) is 2. The van der Waals surface area contributed by atoms with E-state index in [0.717, 1.165) is 24.1 Å². The van der Waals surface area contributed by atoms with Gasteiger partial charge in [0.05, 0.1) is 23.1 Å². The Morgan fingerprint density at radius 3 is 2.64 bits per heavy atom. The van der Waals surface area contributed by atoms with Crippen LogP contribution in [-0.2, 0) is 27.5 Å². The van der Waals surface area contributed by atoms with E-state index >= 15 is 0 Å². The van der Waals surface area contributed by atoms with Crippen molar-refractivity contribution in [1.29, 1.82) is 5.26 Å². The number of nitrogens with one attached hydrogen (secondary N) is 1. The molecular weight excluding hydrogens is 747 g/mol. The van der Waals surface area contributed by atoms with Crippen molar-refractivity contribution in [2.24, 2.45) is 5.92 Å². The summed E-state index contributed by atoms with van der Waals surface area (Å²) in [5.74, 6) is -1.82. The number of hydrogen-bond acceptors (Lipinski definition) is 10. The fraction of sp³-hybridized carbons (Fsp3) is 0.415. The number of allylic oxidation sites excluding steroid dienone is 2. The number of aliphatic hydroxyl groups is 1. The Morgan fingerprint density at radius 1 is 1.15 bits per heavy atom. The number of aliphatic hydroxyl groups excluding tert-OH is 1. The van der Waals surface area contributed by atoms with Gasteiger partial charge in [-0.05, 0) is 69.0 Å². The van der Waals surface area contributed by atoms with Crippen LogP contribution in [0.3, 0.4) is 0 Å². The number of ether oxygens (including phenoxy) is 3. The molecule has 0 saturated carbocycles. The molecule has 2 aromatic carbocycles. The lowest BCUT2D eigenvalue weighted by atomic mass is 9.76. The van der Waals surface area contributed by atoms with Crippen molar-refractivity contribution >= 4 is 40.7 Å². The van der Waals surface area contributed by atoms with Crippen LogP contribution in [0.1, 0.15) is 55.4 Å². The molecule has 14 heteroatoms. The first-order valence-corrected chi connectivity index (χ1v) is 18.8. The summed E-state index contributed by atoms with van der Waals surface area (Å²) >= 11 is 14.4. The average molecular weight is 794 g/mol. The smallest absolute Gasteiger partial charge is 0.326 e. The maximum Gasteiger partial charge on any atom is 0.326 e. The van der Waals surface area contributed by atoms with E-state index in [1.807, 2.05) is 55.5 Å². The van der Waals surface area contributed by atoms with E-state index in [2.05, 4.69) is 21.3 Å². The van der Waals surface area contributed by atoms with Gasteiger partial charge in [-0.2, -0.15) is 5.26 Å². The minimum Gasteiger partial charge on any atom is -0.488 e. The SMILES string of the molecule is CC(CO)(NCc1cc(Cl)c(OCC2(OCCCN3CCC[C@H](C(=O)O)C3)C=CC=C(c3ccccc3)C2(C)Cl)cc1OCc1cncc(C#N)c1)C(=O)O. The zero-order chi connectivity index (χ0) is 39.6. The quantitative estimate of drug-likeness (QED) is 0.0865. The van der Waals surface area contributed by atoms with Gasteiger partial charge in [-0.25, -0.2) is 0 Å². The van der Waals surface area contributed by atoms with E-state index in [1.165, 1.54) is 13.1 Å². The summed E-state index contributed by atoms with van der Waals surface area (Å²) in [6, 6.07) is 16.7. The number of aromatic nitrogens is 1. The number of nitrogens with zero attached hydrogens (tertiary/aromatic N) is 3. The lowest BCUT2D eigenvalue weighted by Crippen LogP contribution is -2.55. The van der Waals surface area contributed by atoms with Crippen LogP contribution in [0.15, 0.2) is 79.2 Å². The lowest BCUT2D eigenvalue weighted by Gasteiger charge is -2.45. The van der Waals surface area contributed by atoms with Crippen molar-refractivity contribution in [3.05, 3.63) is 106 Å². The van der Waals surface area contributed by atoms with Crippen LogP contribution in [-0.4, -0.2) is 92.6 Å². The van der Waals surface area contributed by atoms with Crippen LogP contribution in [0, 0.1) is 17.2 Å². The van der Waals surface area contributed by atoms with Crippen molar-refractivity contribution in [2.75, 3.05) is 39.5 Å². The van der Waals surface area contributed by atoms with Gasteiger partial charge in [-0.1, -0.05) is 54.1 Å². The molecule has 0 spiro atoms. The van der Waals surface area contributed by atoms with Gasteiger partial charge >= 0.3 is 11.9 Å². The minimum atomic E-state index is -1.64. The fourth-order valence-corrected chi connectivity index (χ4v) is 7.24. The van der Waals surface area contributed by atoms with Crippen molar-refractivity contribution in [2.45, 2.75) is 62.3 Å². The average Bonchev–Trinajstić information content (AvgIpc) is 3.18. The van der Waals surface area contributed by atoms with Crippen molar-refractivity contribution in [3.63, 3.8) is 0 Å². The number of aliphatic carboxylic acids is 2. The van der Waals surface area contributed by atoms with Crippen molar-refractivity contribution in [1.82, 2.24) is 15.2 Å². The van der Waals surface area contributed by atoms with E-state index in [4.69, 9.17) is 37.4 Å². The van der Waals surface area contributed by atoms with Crippen molar-refractivity contribution < 1.29 is 39.1 Å². The lowest BCUT2D eigenvalue weighted by molar-refractivity contribution is -0.146. The van der Waals surface area contributed by atoms with Crippen molar-refractivity contribution in [3.8, 4) is 17.6 Å². The first-order valence-electron chi connectivity index (χ1n) is 18.1. The second kappa shape index (κ2) is 18.4. The second-order valence-electron chi connectivity index (χ2n) is 14.2. The molecule has 4 N–H and O–H groups in total. The molecule has 3 aromatic rings. The number of likely N-dealkylation sites (tertiary alicyclic amines) is 1. The Balaban J connectivity index is 1.41. The number of benzene rings is 2. The highest BCUT2D eigenvalue weighted by atomic mass is 35.5. The molecule has 1 aliphatic carbocycles. The van der Waals surface area contributed by atoms with Gasteiger partial charge in [0.2, 0.25) is 0 Å². The fourth-order valence-electron chi connectivity index (χ4n) is 6.66. The molecule has 5 rings (SSSR count). The zero-order valence-corrected chi connectivity index (χ0v) is 32.4. The molecule has 55 heavy (non-hydrogen) atoms. The molecule has 2 aliphatic rings. The number of carboxylic acids is 2. The van der Waals surface area contributed by atoms with Gasteiger partial charge in [0, 0.05) is 55.8 Å². The number of piperidine rings is 1. The maximum atomic E-state index is 11.9. The molecule has 0 radical (unpaired) electrons. The predicted octanol–water partition coefficient (Wildman–Crippen LogP) is 6.08. The summed E-state index contributed by atoms with van der Waals surface area (Å²) in [6.45, 7) is 4.83. The van der Waals surface area contributed by atoms with E-state index in [-0.39, 0.29) is 36.4 Å². The number of alkyl halides is 1. The van der Waals surface area contributed by atoms with E-state index < -0.39 is 34.6 Å². The van der Waals surface area contributed by atoms with Crippen LogP contribution in [0.5, 0.6) is 11.5 Å². The van der Waals surface area contributed by atoms with Crippen LogP contribution in [0.2, 0.25) is 5.02 Å². The van der Waals surface area contributed by atoms with Crippen LogP contribution < -0.4 is 14.8 Å². The monoisotopic (exact) mass is 792 g/mol. The van der Waals surface area contributed by atoms with Gasteiger partial charge in [-0.15, -0.1) is 11.6 Å². The molecule has 1 saturated heterocycles. The molecule has 3 unspecified atom stereocenters. The molecule has 1 fully saturated rings. The molecule has 1 aliphatic heterocycles. The number of nitriles is 1. The normalized spacial score (nSPS) is 22.3. The van der Waals surface area contributed by atoms with Gasteiger partial charge in [0.15, 0.2) is 0 Å². The van der Waals surface area contributed by atoms with Crippen LogP contribution in [0.25, 0.3) is 5.57 Å². The van der Waals surface area contributed by atoms with Gasteiger partial charge in [-0.3, -0.25) is 19.9 Å². The largest absolute Gasteiger partial charge is 0.488 e. The topological polar surface area (TPSA) is 174 Å². The van der Waals surface area contributed by atoms with E-state index in [1.54, 1.807) is 24.4 Å². The third-order valence-electron chi connectivity index (χ3n) is 10.2. The minimum absolute atomic E-state index is 0.0256.